The zero-order chi connectivity index (χ0) is 20.0. The predicted molar refractivity (Wildman–Crippen MR) is 104 cm³/mol. The van der Waals surface area contributed by atoms with Crippen LogP contribution in [0.2, 0.25) is 5.02 Å². The van der Waals surface area contributed by atoms with Crippen molar-refractivity contribution in [2.45, 2.75) is 18.7 Å². The standard InChI is InChI=1S/C17H17ClN2O5S2/c1-11-3-4-13(9-16(11)18)19-27(24,25)15-7-5-14(6-8-15)20-17(21)12(2)10-26(20,22)23/h3-9,12,19H,10H2,1-2H3/t12-/m1/s1. The highest BCUT2D eigenvalue weighted by Gasteiger charge is 2.41. The van der Waals surface area contributed by atoms with Crippen molar-refractivity contribution in [3.63, 3.8) is 0 Å². The number of carbonyl (C=O) groups is 1. The van der Waals surface area contributed by atoms with Crippen LogP contribution in [0.15, 0.2) is 47.4 Å². The fraction of sp³-hybridized carbons (Fsp3) is 0.235. The molecule has 10 heteroatoms. The molecule has 7 nitrogen and oxygen atoms in total. The van der Waals surface area contributed by atoms with Gasteiger partial charge in [-0.2, -0.15) is 0 Å². The number of anilines is 2. The van der Waals surface area contributed by atoms with E-state index in [4.69, 9.17) is 11.6 Å². The van der Waals surface area contributed by atoms with E-state index in [1.807, 2.05) is 0 Å². The van der Waals surface area contributed by atoms with Crippen LogP contribution < -0.4 is 9.03 Å². The number of nitrogens with one attached hydrogen (secondary N) is 1. The molecule has 1 fully saturated rings. The summed E-state index contributed by atoms with van der Waals surface area (Å²) in [6, 6.07) is 9.87. The molecule has 1 amide bonds. The number of rotatable bonds is 4. The van der Waals surface area contributed by atoms with Gasteiger partial charge in [-0.05, 0) is 48.9 Å². The second kappa shape index (κ2) is 6.81. The van der Waals surface area contributed by atoms with Crippen LogP contribution in [0.25, 0.3) is 0 Å². The molecule has 1 heterocycles. The van der Waals surface area contributed by atoms with Crippen LogP contribution in [0.1, 0.15) is 12.5 Å². The predicted octanol–water partition coefficient (Wildman–Crippen LogP) is 2.76. The molecule has 1 N–H and O–H groups in total. The Morgan fingerprint density at radius 1 is 1.15 bits per heavy atom. The first-order chi connectivity index (χ1) is 12.5. The molecule has 1 saturated heterocycles. The third-order valence-corrected chi connectivity index (χ3v) is 7.84. The van der Waals surface area contributed by atoms with Crippen LogP contribution in [0, 0.1) is 12.8 Å². The maximum Gasteiger partial charge on any atom is 0.261 e. The SMILES string of the molecule is Cc1ccc(NS(=O)(=O)c2ccc(N3C(=O)[C@H](C)CS3(=O)=O)cc2)cc1Cl. The Kier molecular flexibility index (Phi) is 4.96. The Hall–Kier alpha value is -2.10. The highest BCUT2D eigenvalue weighted by molar-refractivity contribution is 7.94. The molecular formula is C17H17ClN2O5S2. The van der Waals surface area contributed by atoms with Crippen molar-refractivity contribution in [3.8, 4) is 0 Å². The second-order valence-electron chi connectivity index (χ2n) is 6.35. The highest BCUT2D eigenvalue weighted by Crippen LogP contribution is 2.29. The van der Waals surface area contributed by atoms with Gasteiger partial charge in [0.1, 0.15) is 0 Å². The summed E-state index contributed by atoms with van der Waals surface area (Å²) in [5, 5.41) is 0.428. The molecule has 144 valence electrons. The molecular weight excluding hydrogens is 412 g/mol. The maximum atomic E-state index is 12.5. The monoisotopic (exact) mass is 428 g/mol. The summed E-state index contributed by atoms with van der Waals surface area (Å²) < 4.78 is 52.4. The van der Waals surface area contributed by atoms with Crippen LogP contribution in [0.4, 0.5) is 11.4 Å². The van der Waals surface area contributed by atoms with Gasteiger partial charge in [0.25, 0.3) is 10.0 Å². The minimum absolute atomic E-state index is 0.0694. The smallest absolute Gasteiger partial charge is 0.261 e. The van der Waals surface area contributed by atoms with Gasteiger partial charge in [0, 0.05) is 5.02 Å². The summed E-state index contributed by atoms with van der Waals surface area (Å²) in [5.41, 5.74) is 1.23. The molecule has 27 heavy (non-hydrogen) atoms. The summed E-state index contributed by atoms with van der Waals surface area (Å²) >= 11 is 6.01. The normalized spacial score (nSPS) is 19.3. The Morgan fingerprint density at radius 2 is 1.78 bits per heavy atom. The molecule has 2 aromatic rings. The number of amides is 1. The second-order valence-corrected chi connectivity index (χ2v) is 10.3. The zero-order valence-electron chi connectivity index (χ0n) is 14.5. The number of hydrogen-bond donors (Lipinski definition) is 1. The van der Waals surface area contributed by atoms with E-state index in [1.54, 1.807) is 19.1 Å². The molecule has 0 unspecified atom stereocenters. The Morgan fingerprint density at radius 3 is 2.30 bits per heavy atom. The number of carbonyl (C=O) groups excluding carboxylic acids is 1. The van der Waals surface area contributed by atoms with E-state index < -0.39 is 31.9 Å². The zero-order valence-corrected chi connectivity index (χ0v) is 16.9. The van der Waals surface area contributed by atoms with Crippen molar-refractivity contribution in [1.29, 1.82) is 0 Å². The van der Waals surface area contributed by atoms with Crippen LogP contribution >= 0.6 is 11.6 Å². The fourth-order valence-corrected chi connectivity index (χ4v) is 5.77. The molecule has 1 atom stereocenters. The number of sulfonamides is 2. The Balaban J connectivity index is 1.88. The Labute approximate surface area is 163 Å². The third-order valence-electron chi connectivity index (χ3n) is 4.17. The minimum atomic E-state index is -3.90. The lowest BCUT2D eigenvalue weighted by Crippen LogP contribution is -2.30. The van der Waals surface area contributed by atoms with Gasteiger partial charge >= 0.3 is 0 Å². The largest absolute Gasteiger partial charge is 0.280 e. The van der Waals surface area contributed by atoms with Gasteiger partial charge in [0.05, 0.1) is 27.9 Å². The minimum Gasteiger partial charge on any atom is -0.280 e. The van der Waals surface area contributed by atoms with Crippen LogP contribution in [0.5, 0.6) is 0 Å². The summed E-state index contributed by atoms with van der Waals surface area (Å²) in [7, 11) is -7.64. The van der Waals surface area contributed by atoms with Crippen LogP contribution in [-0.2, 0) is 24.8 Å². The average molecular weight is 429 g/mol. The fourth-order valence-electron chi connectivity index (χ4n) is 2.72. The highest BCUT2D eigenvalue weighted by atomic mass is 35.5. The van der Waals surface area contributed by atoms with Gasteiger partial charge in [0.15, 0.2) is 0 Å². The van der Waals surface area contributed by atoms with Crippen molar-refractivity contribution in [3.05, 3.63) is 53.1 Å². The number of benzene rings is 2. The molecule has 3 rings (SSSR count). The third kappa shape index (κ3) is 3.80. The van der Waals surface area contributed by atoms with Gasteiger partial charge < -0.3 is 0 Å². The molecule has 0 spiro atoms. The van der Waals surface area contributed by atoms with Crippen LogP contribution in [0.3, 0.4) is 0 Å². The molecule has 0 radical (unpaired) electrons. The van der Waals surface area contributed by atoms with Crippen molar-refractivity contribution in [2.75, 3.05) is 14.8 Å². The number of aryl methyl sites for hydroxylation is 1. The van der Waals surface area contributed by atoms with E-state index in [0.717, 1.165) is 9.87 Å². The van der Waals surface area contributed by atoms with Crippen molar-refractivity contribution in [1.82, 2.24) is 0 Å². The molecule has 1 aliphatic heterocycles. The molecule has 0 saturated carbocycles. The topological polar surface area (TPSA) is 101 Å². The summed E-state index contributed by atoms with van der Waals surface area (Å²) in [6.07, 6.45) is 0. The van der Waals surface area contributed by atoms with Gasteiger partial charge in [-0.1, -0.05) is 24.6 Å². The molecule has 0 bridgehead atoms. The lowest BCUT2D eigenvalue weighted by atomic mass is 10.2. The van der Waals surface area contributed by atoms with E-state index in [2.05, 4.69) is 4.72 Å². The quantitative estimate of drug-likeness (QED) is 0.806. The molecule has 1 aliphatic rings. The summed E-state index contributed by atoms with van der Waals surface area (Å²) in [4.78, 5) is 12.0. The van der Waals surface area contributed by atoms with E-state index in [0.29, 0.717) is 10.7 Å². The van der Waals surface area contributed by atoms with Crippen molar-refractivity contribution in [2.24, 2.45) is 5.92 Å². The molecule has 0 aliphatic carbocycles. The maximum absolute atomic E-state index is 12.5. The molecule has 2 aromatic carbocycles. The van der Waals surface area contributed by atoms with Gasteiger partial charge in [0.2, 0.25) is 15.9 Å². The van der Waals surface area contributed by atoms with Crippen molar-refractivity contribution < 1.29 is 21.6 Å². The van der Waals surface area contributed by atoms with Gasteiger partial charge in [-0.25, -0.2) is 21.1 Å². The average Bonchev–Trinajstić information content (AvgIpc) is 2.78. The number of halogens is 1. The lowest BCUT2D eigenvalue weighted by Gasteiger charge is -2.16. The Bertz CT molecular complexity index is 1110. The van der Waals surface area contributed by atoms with E-state index in [1.165, 1.54) is 37.3 Å². The van der Waals surface area contributed by atoms with Gasteiger partial charge in [-0.15, -0.1) is 0 Å². The molecule has 0 aromatic heterocycles. The van der Waals surface area contributed by atoms with Gasteiger partial charge in [-0.3, -0.25) is 9.52 Å². The van der Waals surface area contributed by atoms with E-state index >= 15 is 0 Å². The van der Waals surface area contributed by atoms with E-state index in [9.17, 15) is 21.6 Å². The first-order valence-corrected chi connectivity index (χ1v) is 11.4. The lowest BCUT2D eigenvalue weighted by molar-refractivity contribution is -0.119. The first kappa shape index (κ1) is 19.7. The van der Waals surface area contributed by atoms with Crippen molar-refractivity contribution >= 4 is 48.9 Å². The summed E-state index contributed by atoms with van der Waals surface area (Å²) in [6.45, 7) is 3.34. The van der Waals surface area contributed by atoms with Crippen LogP contribution in [-0.4, -0.2) is 28.5 Å². The number of hydrogen-bond acceptors (Lipinski definition) is 5. The first-order valence-electron chi connectivity index (χ1n) is 7.97. The summed E-state index contributed by atoms with van der Waals surface area (Å²) in [5.74, 6) is -1.42. The number of nitrogens with zero attached hydrogens (tertiary/aromatic N) is 1. The van der Waals surface area contributed by atoms with E-state index in [-0.39, 0.29) is 16.3 Å².